The number of hydrogen-bond donors (Lipinski definition) is 1. The molecule has 0 saturated heterocycles. The van der Waals surface area contributed by atoms with Gasteiger partial charge >= 0.3 is 5.97 Å². The number of aliphatic hydroxyl groups is 1. The summed E-state index contributed by atoms with van der Waals surface area (Å²) in [5.41, 5.74) is 0.835. The topological polar surface area (TPSA) is 46.5 Å². The van der Waals surface area contributed by atoms with Crippen molar-refractivity contribution in [2.45, 2.75) is 123 Å². The van der Waals surface area contributed by atoms with Crippen molar-refractivity contribution >= 4 is 5.97 Å². The van der Waals surface area contributed by atoms with E-state index in [1.165, 1.54) is 70.6 Å². The minimum Gasteiger partial charge on any atom is -0.427 e. The molecule has 1 rings (SSSR count). The molecule has 3 heteroatoms. The maximum absolute atomic E-state index is 11.6. The summed E-state index contributed by atoms with van der Waals surface area (Å²) in [4.78, 5) is 11.6. The van der Waals surface area contributed by atoms with Gasteiger partial charge in [0.1, 0.15) is 5.76 Å². The molecule has 25 heavy (non-hydrogen) atoms. The average Bonchev–Trinajstić information content (AvgIpc) is 2.59. The van der Waals surface area contributed by atoms with Gasteiger partial charge in [0.05, 0.1) is 11.7 Å². The Morgan fingerprint density at radius 2 is 1.32 bits per heavy atom. The molecule has 146 valence electrons. The Morgan fingerprint density at radius 3 is 1.88 bits per heavy atom. The van der Waals surface area contributed by atoms with Crippen molar-refractivity contribution in [3.63, 3.8) is 0 Å². The van der Waals surface area contributed by atoms with E-state index in [1.54, 1.807) is 0 Å². The molecule has 0 aromatic rings. The second kappa shape index (κ2) is 14.4. The average molecular weight is 353 g/mol. The van der Waals surface area contributed by atoms with Gasteiger partial charge in [-0.3, -0.25) is 0 Å². The molecular formula is C22H40O3. The van der Waals surface area contributed by atoms with Gasteiger partial charge in [-0.1, -0.05) is 90.9 Å². The van der Waals surface area contributed by atoms with E-state index < -0.39 is 0 Å². The molecule has 0 aromatic carbocycles. The highest BCUT2D eigenvalue weighted by atomic mass is 16.6. The molecule has 3 nitrogen and oxygen atoms in total. The molecule has 1 unspecified atom stereocenters. The Morgan fingerprint density at radius 1 is 0.800 bits per heavy atom. The first-order valence-corrected chi connectivity index (χ1v) is 10.8. The van der Waals surface area contributed by atoms with Crippen molar-refractivity contribution in [3.8, 4) is 0 Å². The smallest absolute Gasteiger partial charge is 0.342 e. The van der Waals surface area contributed by atoms with Gasteiger partial charge in [0, 0.05) is 6.42 Å². The number of unbranched alkanes of at least 4 members (excludes halogenated alkanes) is 11. The minimum atomic E-state index is -0.363. The van der Waals surface area contributed by atoms with Crippen LogP contribution in [0.2, 0.25) is 0 Å². The van der Waals surface area contributed by atoms with E-state index in [0.717, 1.165) is 37.0 Å². The van der Waals surface area contributed by atoms with Crippen molar-refractivity contribution in [1.82, 2.24) is 0 Å². The summed E-state index contributed by atoms with van der Waals surface area (Å²) < 4.78 is 5.15. The third kappa shape index (κ3) is 10.0. The second-order valence-corrected chi connectivity index (χ2v) is 7.58. The van der Waals surface area contributed by atoms with E-state index in [1.807, 2.05) is 0 Å². The monoisotopic (exact) mass is 352 g/mol. The standard InChI is InChI=1S/C22H40O3/c1-3-5-7-9-10-11-12-13-14-16-19(23)18-21-20(22(24)25-21)17-15-8-6-4-2/h19,23H,3-18H2,1-2H3. The van der Waals surface area contributed by atoms with Crippen molar-refractivity contribution in [1.29, 1.82) is 0 Å². The summed E-state index contributed by atoms with van der Waals surface area (Å²) in [6, 6.07) is 0. The molecule has 0 aliphatic carbocycles. The second-order valence-electron chi connectivity index (χ2n) is 7.58. The van der Waals surface area contributed by atoms with Crippen molar-refractivity contribution < 1.29 is 14.6 Å². The Balaban J connectivity index is 2.06. The van der Waals surface area contributed by atoms with E-state index in [4.69, 9.17) is 4.74 Å². The van der Waals surface area contributed by atoms with Gasteiger partial charge in [-0.2, -0.15) is 0 Å². The normalized spacial score (nSPS) is 15.2. The summed E-state index contributed by atoms with van der Waals surface area (Å²) in [5, 5.41) is 10.2. The molecule has 0 bridgehead atoms. The Bertz CT molecular complexity index is 387. The van der Waals surface area contributed by atoms with Gasteiger partial charge in [-0.15, -0.1) is 0 Å². The summed E-state index contributed by atoms with van der Waals surface area (Å²) in [5.74, 6) is 0.590. The SMILES string of the molecule is CCCCCCCCCCCC(O)CC1=C(CCCCCC)C(=O)O1. The predicted molar refractivity (Wildman–Crippen MR) is 104 cm³/mol. The van der Waals surface area contributed by atoms with Crippen LogP contribution in [0.4, 0.5) is 0 Å². The van der Waals surface area contributed by atoms with Crippen LogP contribution < -0.4 is 0 Å². The summed E-state index contributed by atoms with van der Waals surface area (Å²) >= 11 is 0. The Labute approximate surface area is 155 Å². The Hall–Kier alpha value is -0.830. The molecule has 0 aromatic heterocycles. The molecule has 0 spiro atoms. The molecule has 1 atom stereocenters. The lowest BCUT2D eigenvalue weighted by molar-refractivity contribution is -0.141. The maximum Gasteiger partial charge on any atom is 0.342 e. The molecule has 0 saturated carbocycles. The molecule has 0 fully saturated rings. The maximum atomic E-state index is 11.6. The highest BCUT2D eigenvalue weighted by Crippen LogP contribution is 2.30. The van der Waals surface area contributed by atoms with E-state index >= 15 is 0 Å². The van der Waals surface area contributed by atoms with Gasteiger partial charge in [-0.25, -0.2) is 4.79 Å². The molecular weight excluding hydrogens is 312 g/mol. The van der Waals surface area contributed by atoms with Crippen LogP contribution >= 0.6 is 0 Å². The van der Waals surface area contributed by atoms with E-state index in [2.05, 4.69) is 13.8 Å². The van der Waals surface area contributed by atoms with Crippen molar-refractivity contribution in [2.75, 3.05) is 0 Å². The summed E-state index contributed by atoms with van der Waals surface area (Å²) in [6.45, 7) is 4.44. The van der Waals surface area contributed by atoms with Crippen molar-refractivity contribution in [2.24, 2.45) is 0 Å². The predicted octanol–water partition coefficient (Wildman–Crippen LogP) is 6.44. The van der Waals surface area contributed by atoms with Gasteiger partial charge < -0.3 is 9.84 Å². The molecule has 0 radical (unpaired) electrons. The third-order valence-electron chi connectivity index (χ3n) is 5.14. The lowest BCUT2D eigenvalue weighted by Gasteiger charge is -2.24. The van der Waals surface area contributed by atoms with Gasteiger partial charge in [0.2, 0.25) is 0 Å². The number of hydrogen-bond acceptors (Lipinski definition) is 3. The lowest BCUT2D eigenvalue weighted by atomic mass is 9.97. The first-order chi connectivity index (χ1) is 12.2. The number of carbonyl (C=O) groups excluding carboxylic acids is 1. The minimum absolute atomic E-state index is 0.165. The zero-order valence-corrected chi connectivity index (χ0v) is 16.7. The zero-order valence-electron chi connectivity index (χ0n) is 16.7. The van der Waals surface area contributed by atoms with Crippen LogP contribution in [0.15, 0.2) is 11.3 Å². The molecule has 1 N–H and O–H groups in total. The lowest BCUT2D eigenvalue weighted by Crippen LogP contribution is -2.25. The number of rotatable bonds is 17. The highest BCUT2D eigenvalue weighted by molar-refractivity contribution is 5.95. The summed E-state index contributed by atoms with van der Waals surface area (Å²) in [6.07, 6.45) is 18.1. The van der Waals surface area contributed by atoms with Crippen LogP contribution in [-0.2, 0) is 9.53 Å². The quantitative estimate of drug-likeness (QED) is 0.242. The van der Waals surface area contributed by atoms with Crippen LogP contribution in [0.25, 0.3) is 0 Å². The van der Waals surface area contributed by atoms with Crippen LogP contribution in [0.5, 0.6) is 0 Å². The fourth-order valence-corrected chi connectivity index (χ4v) is 3.44. The highest BCUT2D eigenvalue weighted by Gasteiger charge is 2.30. The van der Waals surface area contributed by atoms with Crippen LogP contribution in [-0.4, -0.2) is 17.2 Å². The van der Waals surface area contributed by atoms with Crippen LogP contribution in [0.1, 0.15) is 117 Å². The Kier molecular flexibility index (Phi) is 12.8. The summed E-state index contributed by atoms with van der Waals surface area (Å²) in [7, 11) is 0. The van der Waals surface area contributed by atoms with E-state index in [0.29, 0.717) is 6.42 Å². The molecule has 1 aliphatic heterocycles. The number of cyclic esters (lactones) is 1. The van der Waals surface area contributed by atoms with Crippen LogP contribution in [0, 0.1) is 0 Å². The van der Waals surface area contributed by atoms with Gasteiger partial charge in [0.15, 0.2) is 0 Å². The van der Waals surface area contributed by atoms with Gasteiger partial charge in [0.25, 0.3) is 0 Å². The zero-order chi connectivity index (χ0) is 18.3. The first kappa shape index (κ1) is 22.2. The number of carbonyl (C=O) groups is 1. The fourth-order valence-electron chi connectivity index (χ4n) is 3.44. The molecule has 1 heterocycles. The van der Waals surface area contributed by atoms with Crippen LogP contribution in [0.3, 0.4) is 0 Å². The molecule has 0 amide bonds. The number of esters is 1. The number of aliphatic hydroxyl groups excluding tert-OH is 1. The van der Waals surface area contributed by atoms with E-state index in [9.17, 15) is 9.90 Å². The van der Waals surface area contributed by atoms with Crippen molar-refractivity contribution in [3.05, 3.63) is 11.3 Å². The van der Waals surface area contributed by atoms with Gasteiger partial charge in [-0.05, 0) is 19.3 Å². The third-order valence-corrected chi connectivity index (χ3v) is 5.14. The molecule has 1 aliphatic rings. The largest absolute Gasteiger partial charge is 0.427 e. The fraction of sp³-hybridized carbons (Fsp3) is 0.864. The number of ether oxygens (including phenoxy) is 1. The van der Waals surface area contributed by atoms with E-state index in [-0.39, 0.29) is 12.1 Å². The first-order valence-electron chi connectivity index (χ1n) is 10.8.